The molecule has 1 fully saturated rings. The maximum absolute atomic E-state index is 13.2. The summed E-state index contributed by atoms with van der Waals surface area (Å²) in [6, 6.07) is 18.2. The molecule has 0 radical (unpaired) electrons. The van der Waals surface area contributed by atoms with Gasteiger partial charge in [-0.3, -0.25) is 14.5 Å². The number of benzene rings is 2. The van der Waals surface area contributed by atoms with Crippen LogP contribution in [0.5, 0.6) is 5.75 Å². The Morgan fingerprint density at radius 2 is 1.91 bits per heavy atom. The van der Waals surface area contributed by atoms with E-state index in [1.54, 1.807) is 11.6 Å². The lowest BCUT2D eigenvalue weighted by Crippen LogP contribution is -2.36. The van der Waals surface area contributed by atoms with E-state index in [-0.39, 0.29) is 17.5 Å². The van der Waals surface area contributed by atoms with Crippen molar-refractivity contribution in [1.29, 1.82) is 0 Å². The number of aromatic nitrogens is 1. The second-order valence-corrected chi connectivity index (χ2v) is 9.25. The van der Waals surface area contributed by atoms with Gasteiger partial charge in [-0.2, -0.15) is 0 Å². The van der Waals surface area contributed by atoms with Gasteiger partial charge in [-0.15, -0.1) is 11.3 Å². The SMILES string of the molecule is COc1c(C(=O)NC2CCN(Cc3ccccc3)C2)sc2c1c(=O)n(C)c1ccccc21. The number of hydrogen-bond acceptors (Lipinski definition) is 5. The Morgan fingerprint density at radius 1 is 1.16 bits per heavy atom. The molecule has 1 unspecified atom stereocenters. The number of ether oxygens (including phenoxy) is 1. The average Bonchev–Trinajstić information content (AvgIpc) is 3.42. The van der Waals surface area contributed by atoms with Crippen molar-refractivity contribution in [3.63, 3.8) is 0 Å². The standard InChI is InChI=1S/C25H25N3O3S/c1-27-19-11-7-6-10-18(19)22-20(25(27)30)21(31-2)23(32-22)24(29)26-17-12-13-28(15-17)14-16-8-4-3-5-9-16/h3-11,17H,12-15H2,1-2H3,(H,26,29). The van der Waals surface area contributed by atoms with E-state index in [9.17, 15) is 9.59 Å². The summed E-state index contributed by atoms with van der Waals surface area (Å²) in [6.07, 6.45) is 0.899. The van der Waals surface area contributed by atoms with Gasteiger partial charge in [0.05, 0.1) is 17.3 Å². The van der Waals surface area contributed by atoms with E-state index < -0.39 is 0 Å². The molecule has 5 rings (SSSR count). The number of pyridine rings is 1. The molecule has 4 aromatic rings. The number of nitrogens with zero attached hydrogens (tertiary/aromatic N) is 2. The number of fused-ring (bicyclic) bond motifs is 3. The first kappa shape index (κ1) is 20.7. The van der Waals surface area contributed by atoms with Crippen molar-refractivity contribution < 1.29 is 9.53 Å². The number of rotatable bonds is 5. The van der Waals surface area contributed by atoms with Crippen molar-refractivity contribution in [3.05, 3.63) is 75.4 Å². The molecule has 164 valence electrons. The van der Waals surface area contributed by atoms with Gasteiger partial charge >= 0.3 is 0 Å². The summed E-state index contributed by atoms with van der Waals surface area (Å²) in [4.78, 5) is 29.1. The maximum Gasteiger partial charge on any atom is 0.265 e. The second-order valence-electron chi connectivity index (χ2n) is 8.23. The molecule has 1 N–H and O–H groups in total. The average molecular weight is 448 g/mol. The first-order valence-corrected chi connectivity index (χ1v) is 11.5. The van der Waals surface area contributed by atoms with Crippen LogP contribution >= 0.6 is 11.3 Å². The molecule has 6 nitrogen and oxygen atoms in total. The van der Waals surface area contributed by atoms with Crippen molar-refractivity contribution in [2.75, 3.05) is 20.2 Å². The summed E-state index contributed by atoms with van der Waals surface area (Å²) >= 11 is 1.33. The number of aryl methyl sites for hydroxylation is 1. The highest BCUT2D eigenvalue weighted by molar-refractivity contribution is 7.22. The summed E-state index contributed by atoms with van der Waals surface area (Å²) < 4.78 is 8.01. The Kier molecular flexibility index (Phi) is 5.45. The molecular formula is C25H25N3O3S. The molecule has 1 saturated heterocycles. The van der Waals surface area contributed by atoms with Gasteiger partial charge in [0.2, 0.25) is 0 Å². The zero-order valence-electron chi connectivity index (χ0n) is 18.1. The van der Waals surface area contributed by atoms with Gasteiger partial charge < -0.3 is 14.6 Å². The molecule has 0 saturated carbocycles. The van der Waals surface area contributed by atoms with Gasteiger partial charge in [0, 0.05) is 38.1 Å². The minimum Gasteiger partial charge on any atom is -0.494 e. The molecule has 0 aliphatic carbocycles. The molecule has 32 heavy (non-hydrogen) atoms. The van der Waals surface area contributed by atoms with Gasteiger partial charge in [-0.25, -0.2) is 0 Å². The minimum atomic E-state index is -0.180. The lowest BCUT2D eigenvalue weighted by atomic mass is 10.1. The third-order valence-corrected chi connectivity index (χ3v) is 7.36. The molecule has 1 aliphatic heterocycles. The lowest BCUT2D eigenvalue weighted by Gasteiger charge is -2.16. The molecule has 2 aromatic heterocycles. The Bertz CT molecular complexity index is 1360. The Balaban J connectivity index is 1.42. The highest BCUT2D eigenvalue weighted by atomic mass is 32.1. The van der Waals surface area contributed by atoms with Gasteiger partial charge in [-0.1, -0.05) is 48.5 Å². The molecule has 1 aliphatic rings. The van der Waals surface area contributed by atoms with Crippen LogP contribution in [0.4, 0.5) is 0 Å². The number of carbonyl (C=O) groups excluding carboxylic acids is 1. The van der Waals surface area contributed by atoms with Gasteiger partial charge in [-0.05, 0) is 18.1 Å². The fourth-order valence-corrected chi connectivity index (χ4v) is 5.76. The van der Waals surface area contributed by atoms with Gasteiger partial charge in [0.15, 0.2) is 5.75 Å². The van der Waals surface area contributed by atoms with Crippen LogP contribution in [0.15, 0.2) is 59.4 Å². The third-order valence-electron chi connectivity index (χ3n) is 6.16. The van der Waals surface area contributed by atoms with Crippen LogP contribution in [0.2, 0.25) is 0 Å². The number of nitrogens with one attached hydrogen (secondary N) is 1. The number of methoxy groups -OCH3 is 1. The van der Waals surface area contributed by atoms with Crippen molar-refractivity contribution in [3.8, 4) is 5.75 Å². The molecule has 1 atom stereocenters. The molecule has 0 spiro atoms. The Morgan fingerprint density at radius 3 is 2.69 bits per heavy atom. The van der Waals surface area contributed by atoms with Crippen molar-refractivity contribution in [2.45, 2.75) is 19.0 Å². The largest absolute Gasteiger partial charge is 0.494 e. The van der Waals surface area contributed by atoms with Crippen LogP contribution in [0.25, 0.3) is 21.0 Å². The molecule has 1 amide bonds. The first-order valence-electron chi connectivity index (χ1n) is 10.7. The summed E-state index contributed by atoms with van der Waals surface area (Å²) in [6.45, 7) is 2.62. The Hall–Kier alpha value is -3.16. The highest BCUT2D eigenvalue weighted by Crippen LogP contribution is 2.39. The minimum absolute atomic E-state index is 0.0701. The maximum atomic E-state index is 13.2. The fraction of sp³-hybridized carbons (Fsp3) is 0.280. The quantitative estimate of drug-likeness (QED) is 0.506. The van der Waals surface area contributed by atoms with Gasteiger partial charge in [0.25, 0.3) is 11.5 Å². The molecular weight excluding hydrogens is 422 g/mol. The van der Waals surface area contributed by atoms with E-state index in [0.717, 1.165) is 41.7 Å². The third kappa shape index (κ3) is 3.57. The molecule has 7 heteroatoms. The number of hydrogen-bond donors (Lipinski definition) is 1. The van der Waals surface area contributed by atoms with Crippen LogP contribution in [-0.4, -0.2) is 41.6 Å². The topological polar surface area (TPSA) is 63.6 Å². The fourth-order valence-electron chi connectivity index (χ4n) is 4.57. The molecule has 2 aromatic carbocycles. The lowest BCUT2D eigenvalue weighted by molar-refractivity contribution is 0.0939. The predicted molar refractivity (Wildman–Crippen MR) is 129 cm³/mol. The van der Waals surface area contributed by atoms with Crippen LogP contribution in [0.1, 0.15) is 21.7 Å². The van der Waals surface area contributed by atoms with Crippen LogP contribution in [-0.2, 0) is 13.6 Å². The second kappa shape index (κ2) is 8.41. The summed E-state index contributed by atoms with van der Waals surface area (Å²) in [5, 5.41) is 4.59. The van der Waals surface area contributed by atoms with Crippen molar-refractivity contribution >= 4 is 38.2 Å². The van der Waals surface area contributed by atoms with Crippen molar-refractivity contribution in [2.24, 2.45) is 7.05 Å². The monoisotopic (exact) mass is 447 g/mol. The summed E-state index contributed by atoms with van der Waals surface area (Å²) in [5.41, 5.74) is 1.96. The van der Waals surface area contributed by atoms with Crippen LogP contribution in [0, 0.1) is 0 Å². The first-order chi connectivity index (χ1) is 15.6. The molecule has 0 bridgehead atoms. The Labute approximate surface area is 190 Å². The van der Waals surface area contributed by atoms with E-state index in [1.807, 2.05) is 42.5 Å². The van der Waals surface area contributed by atoms with Crippen molar-refractivity contribution in [1.82, 2.24) is 14.8 Å². The van der Waals surface area contributed by atoms with E-state index in [4.69, 9.17) is 4.74 Å². The number of likely N-dealkylation sites (tertiary alicyclic amines) is 1. The van der Waals surface area contributed by atoms with Crippen LogP contribution < -0.4 is 15.6 Å². The number of carbonyl (C=O) groups is 1. The molecule has 3 heterocycles. The normalized spacial score (nSPS) is 16.6. The summed E-state index contributed by atoms with van der Waals surface area (Å²) in [7, 11) is 3.27. The van der Waals surface area contributed by atoms with E-state index in [2.05, 4.69) is 22.3 Å². The van der Waals surface area contributed by atoms with E-state index in [0.29, 0.717) is 16.0 Å². The van der Waals surface area contributed by atoms with Crippen LogP contribution in [0.3, 0.4) is 0 Å². The summed E-state index contributed by atoms with van der Waals surface area (Å²) in [5.74, 6) is 0.189. The predicted octanol–water partition coefficient (Wildman–Crippen LogP) is 3.77. The number of para-hydroxylation sites is 1. The zero-order valence-corrected chi connectivity index (χ0v) is 18.9. The smallest absolute Gasteiger partial charge is 0.265 e. The number of thiophene rings is 1. The van der Waals surface area contributed by atoms with E-state index >= 15 is 0 Å². The number of amides is 1. The zero-order chi connectivity index (χ0) is 22.2. The van der Waals surface area contributed by atoms with E-state index in [1.165, 1.54) is 24.0 Å². The van der Waals surface area contributed by atoms with Gasteiger partial charge in [0.1, 0.15) is 10.3 Å². The highest BCUT2D eigenvalue weighted by Gasteiger charge is 2.28.